The number of hydrogen-bond donors (Lipinski definition) is 2. The van der Waals surface area contributed by atoms with Gasteiger partial charge in [0.1, 0.15) is 0 Å². The van der Waals surface area contributed by atoms with E-state index in [2.05, 4.69) is 37.7 Å². The van der Waals surface area contributed by atoms with Crippen LogP contribution < -0.4 is 4.74 Å². The number of aromatic nitrogens is 2. The highest BCUT2D eigenvalue weighted by Crippen LogP contribution is 2.30. The molecule has 0 radical (unpaired) electrons. The van der Waals surface area contributed by atoms with Gasteiger partial charge in [0, 0.05) is 11.6 Å². The highest BCUT2D eigenvalue weighted by Gasteiger charge is 2.21. The van der Waals surface area contributed by atoms with Crippen LogP contribution in [0.4, 0.5) is 0 Å². The van der Waals surface area contributed by atoms with Gasteiger partial charge in [0.25, 0.3) is 0 Å². The Morgan fingerprint density at radius 2 is 2.09 bits per heavy atom. The summed E-state index contributed by atoms with van der Waals surface area (Å²) in [5, 5.41) is 10.1. The fourth-order valence-electron chi connectivity index (χ4n) is 2.49. The maximum atomic E-state index is 10.1. The molecule has 0 saturated heterocycles. The lowest BCUT2D eigenvalue weighted by atomic mass is 9.89. The van der Waals surface area contributed by atoms with E-state index < -0.39 is 0 Å². The molecule has 0 aliphatic heterocycles. The zero-order valence-corrected chi connectivity index (χ0v) is 13.9. The van der Waals surface area contributed by atoms with E-state index in [9.17, 15) is 5.11 Å². The molecular formula is C18H26N2O2. The Morgan fingerprint density at radius 3 is 2.68 bits per heavy atom. The third-order valence-electron chi connectivity index (χ3n) is 3.50. The van der Waals surface area contributed by atoms with Crippen molar-refractivity contribution in [1.29, 1.82) is 0 Å². The van der Waals surface area contributed by atoms with Crippen LogP contribution in [0.25, 0.3) is 0 Å². The first-order valence-corrected chi connectivity index (χ1v) is 7.78. The van der Waals surface area contributed by atoms with Crippen molar-refractivity contribution >= 4 is 0 Å². The first kappa shape index (κ1) is 16.4. The van der Waals surface area contributed by atoms with Gasteiger partial charge in [-0.3, -0.25) is 0 Å². The van der Waals surface area contributed by atoms with Gasteiger partial charge in [0.05, 0.1) is 18.6 Å². The van der Waals surface area contributed by atoms with Crippen LogP contribution in [0.1, 0.15) is 39.0 Å². The number of imidazole rings is 1. The Bertz CT molecular complexity index is 589. The van der Waals surface area contributed by atoms with Crippen molar-refractivity contribution in [3.63, 3.8) is 0 Å². The van der Waals surface area contributed by atoms with Gasteiger partial charge in [-0.15, -0.1) is 0 Å². The number of aromatic hydroxyl groups is 1. The number of H-pyrrole nitrogens is 1. The van der Waals surface area contributed by atoms with E-state index >= 15 is 0 Å². The van der Waals surface area contributed by atoms with Crippen molar-refractivity contribution in [2.24, 2.45) is 11.3 Å². The number of ether oxygens (including phenoxy) is 1. The Labute approximate surface area is 132 Å². The summed E-state index contributed by atoms with van der Waals surface area (Å²) in [7, 11) is 0. The summed E-state index contributed by atoms with van der Waals surface area (Å²) in [5.41, 5.74) is 2.10. The van der Waals surface area contributed by atoms with Gasteiger partial charge in [-0.1, -0.05) is 33.8 Å². The second-order valence-corrected chi connectivity index (χ2v) is 7.09. The van der Waals surface area contributed by atoms with Crippen LogP contribution in [0.15, 0.2) is 30.7 Å². The average molecular weight is 302 g/mol. The van der Waals surface area contributed by atoms with Crippen molar-refractivity contribution < 1.29 is 9.84 Å². The van der Waals surface area contributed by atoms with Gasteiger partial charge in [-0.05, 0) is 36.5 Å². The third-order valence-corrected chi connectivity index (χ3v) is 3.50. The molecule has 0 amide bonds. The van der Waals surface area contributed by atoms with Gasteiger partial charge in [-0.25, -0.2) is 4.98 Å². The molecule has 2 N–H and O–H groups in total. The molecule has 4 nitrogen and oxygen atoms in total. The van der Waals surface area contributed by atoms with Crippen molar-refractivity contribution in [2.45, 2.75) is 40.5 Å². The molecule has 22 heavy (non-hydrogen) atoms. The molecule has 0 atom stereocenters. The number of benzene rings is 1. The minimum absolute atomic E-state index is 0.0573. The first-order chi connectivity index (χ1) is 10.4. The molecule has 0 aliphatic carbocycles. The Balaban J connectivity index is 1.95. The van der Waals surface area contributed by atoms with Crippen molar-refractivity contribution in [1.82, 2.24) is 9.97 Å². The minimum atomic E-state index is -0.0573. The molecule has 2 aromatic rings. The van der Waals surface area contributed by atoms with Gasteiger partial charge in [0.15, 0.2) is 11.5 Å². The highest BCUT2D eigenvalue weighted by atomic mass is 16.5. The largest absolute Gasteiger partial charge is 0.504 e. The van der Waals surface area contributed by atoms with Crippen molar-refractivity contribution in [3.8, 4) is 11.5 Å². The van der Waals surface area contributed by atoms with Crippen molar-refractivity contribution in [2.75, 3.05) is 6.61 Å². The van der Waals surface area contributed by atoms with Gasteiger partial charge in [-0.2, -0.15) is 0 Å². The molecule has 4 heteroatoms. The smallest absolute Gasteiger partial charge is 0.160 e. The summed E-state index contributed by atoms with van der Waals surface area (Å²) in [6, 6.07) is 5.68. The quantitative estimate of drug-likeness (QED) is 0.814. The number of nitrogens with one attached hydrogen (secondary N) is 1. The third kappa shape index (κ3) is 4.79. The summed E-state index contributed by atoms with van der Waals surface area (Å²) < 4.78 is 5.82. The molecule has 0 fully saturated rings. The molecule has 0 bridgehead atoms. The maximum absolute atomic E-state index is 10.1. The van der Waals surface area contributed by atoms with E-state index in [1.165, 1.54) is 0 Å². The summed E-state index contributed by atoms with van der Waals surface area (Å²) in [4.78, 5) is 7.22. The van der Waals surface area contributed by atoms with Crippen LogP contribution in [-0.4, -0.2) is 21.7 Å². The maximum Gasteiger partial charge on any atom is 0.160 e. The standard InChI is InChI=1S/C18H26N2O2/c1-13(2)7-14-5-6-17(16(21)8-14)22-11-18(3,4)9-15-10-19-12-20-15/h5-6,8,10,12-13,21H,7,9,11H2,1-4H3,(H,19,20). The molecule has 1 heterocycles. The fraction of sp³-hybridized carbons (Fsp3) is 0.500. The highest BCUT2D eigenvalue weighted by molar-refractivity contribution is 5.41. The summed E-state index contributed by atoms with van der Waals surface area (Å²) in [6.07, 6.45) is 5.37. The normalized spacial score (nSPS) is 11.9. The summed E-state index contributed by atoms with van der Waals surface area (Å²) >= 11 is 0. The predicted molar refractivity (Wildman–Crippen MR) is 88.2 cm³/mol. The van der Waals surface area contributed by atoms with Crippen LogP contribution in [-0.2, 0) is 12.8 Å². The SMILES string of the molecule is CC(C)Cc1ccc(OCC(C)(C)Cc2c[nH]cn2)c(O)c1. The number of nitrogens with zero attached hydrogens (tertiary/aromatic N) is 1. The van der Waals surface area contributed by atoms with E-state index in [1.54, 1.807) is 12.4 Å². The van der Waals surface area contributed by atoms with Crippen LogP contribution in [0.2, 0.25) is 0 Å². The Hall–Kier alpha value is -1.97. The second-order valence-electron chi connectivity index (χ2n) is 7.09. The molecule has 2 rings (SSSR count). The van der Waals surface area contributed by atoms with Crippen LogP contribution in [0.5, 0.6) is 11.5 Å². The topological polar surface area (TPSA) is 58.1 Å². The van der Waals surface area contributed by atoms with Gasteiger partial charge >= 0.3 is 0 Å². The Morgan fingerprint density at radius 1 is 1.32 bits per heavy atom. The fourth-order valence-corrected chi connectivity index (χ4v) is 2.49. The summed E-state index contributed by atoms with van der Waals surface area (Å²) in [6.45, 7) is 9.12. The molecule has 0 spiro atoms. The first-order valence-electron chi connectivity index (χ1n) is 7.78. The number of aromatic amines is 1. The second kappa shape index (κ2) is 6.86. The molecule has 0 aliphatic rings. The zero-order valence-electron chi connectivity index (χ0n) is 13.9. The summed E-state index contributed by atoms with van der Waals surface area (Å²) in [5.74, 6) is 1.33. The van der Waals surface area contributed by atoms with Gasteiger partial charge < -0.3 is 14.8 Å². The number of phenolic OH excluding ortho intramolecular Hbond substituents is 1. The Kier molecular flexibility index (Phi) is 5.11. The lowest BCUT2D eigenvalue weighted by Crippen LogP contribution is -2.24. The van der Waals surface area contributed by atoms with Crippen LogP contribution in [0.3, 0.4) is 0 Å². The molecule has 0 unspecified atom stereocenters. The van der Waals surface area contributed by atoms with Crippen LogP contribution in [0, 0.1) is 11.3 Å². The zero-order chi connectivity index (χ0) is 16.2. The van der Waals surface area contributed by atoms with E-state index in [-0.39, 0.29) is 11.2 Å². The molecule has 120 valence electrons. The average Bonchev–Trinajstić information content (AvgIpc) is 2.89. The molecule has 1 aromatic carbocycles. The molecular weight excluding hydrogens is 276 g/mol. The lowest BCUT2D eigenvalue weighted by Gasteiger charge is -2.24. The van der Waals surface area contributed by atoms with E-state index in [0.29, 0.717) is 18.3 Å². The van der Waals surface area contributed by atoms with Crippen LogP contribution >= 0.6 is 0 Å². The monoisotopic (exact) mass is 302 g/mol. The van der Waals surface area contributed by atoms with E-state index in [4.69, 9.17) is 4.74 Å². The minimum Gasteiger partial charge on any atom is -0.504 e. The number of phenols is 1. The molecule has 0 saturated carbocycles. The number of hydrogen-bond acceptors (Lipinski definition) is 3. The molecule has 1 aromatic heterocycles. The van der Waals surface area contributed by atoms with E-state index in [0.717, 1.165) is 24.1 Å². The van der Waals surface area contributed by atoms with Crippen molar-refractivity contribution in [3.05, 3.63) is 42.0 Å². The van der Waals surface area contributed by atoms with E-state index in [1.807, 2.05) is 18.3 Å². The predicted octanol–water partition coefficient (Wildman–Crippen LogP) is 3.96. The van der Waals surface area contributed by atoms with Gasteiger partial charge in [0.2, 0.25) is 0 Å². The number of rotatable bonds is 7. The lowest BCUT2D eigenvalue weighted by molar-refractivity contribution is 0.174.